The Kier molecular flexibility index (Phi) is 4.81. The number of hydrogen-bond donors (Lipinski definition) is 2. The van der Waals surface area contributed by atoms with Crippen LogP contribution >= 0.6 is 0 Å². The third kappa shape index (κ3) is 7.29. The molecule has 0 aliphatic heterocycles. The standard InChI is InChI=1S/C7H17N3O/c1-6(2)9-7(11)5-8-10(3)4/h6,8H,5H2,1-4H3,(H,9,11). The van der Waals surface area contributed by atoms with E-state index in [1.807, 2.05) is 27.9 Å². The average Bonchev–Trinajstić information content (AvgIpc) is 1.82. The van der Waals surface area contributed by atoms with Gasteiger partial charge in [0.25, 0.3) is 0 Å². The highest BCUT2D eigenvalue weighted by Crippen LogP contribution is 1.75. The second-order valence-electron chi connectivity index (χ2n) is 2.95. The van der Waals surface area contributed by atoms with Crippen LogP contribution in [0.4, 0.5) is 0 Å². The molecule has 0 unspecified atom stereocenters. The smallest absolute Gasteiger partial charge is 0.235 e. The summed E-state index contributed by atoms with van der Waals surface area (Å²) >= 11 is 0. The number of rotatable bonds is 4. The average molecular weight is 159 g/mol. The number of amides is 1. The molecule has 0 spiro atoms. The van der Waals surface area contributed by atoms with Gasteiger partial charge >= 0.3 is 0 Å². The van der Waals surface area contributed by atoms with Crippen LogP contribution in [0.25, 0.3) is 0 Å². The molecule has 0 radical (unpaired) electrons. The maximum Gasteiger partial charge on any atom is 0.235 e. The van der Waals surface area contributed by atoms with Crippen LogP contribution in [-0.2, 0) is 4.79 Å². The summed E-state index contributed by atoms with van der Waals surface area (Å²) in [4.78, 5) is 11.0. The molecule has 0 aliphatic carbocycles. The number of carbonyl (C=O) groups excluding carboxylic acids is 1. The summed E-state index contributed by atoms with van der Waals surface area (Å²) in [5.41, 5.74) is 2.87. The Morgan fingerprint density at radius 2 is 2.00 bits per heavy atom. The summed E-state index contributed by atoms with van der Waals surface area (Å²) in [6.07, 6.45) is 0. The van der Waals surface area contributed by atoms with E-state index in [9.17, 15) is 4.79 Å². The van der Waals surface area contributed by atoms with Gasteiger partial charge in [-0.2, -0.15) is 0 Å². The lowest BCUT2D eigenvalue weighted by atomic mass is 10.4. The van der Waals surface area contributed by atoms with Gasteiger partial charge in [-0.05, 0) is 13.8 Å². The van der Waals surface area contributed by atoms with Crippen LogP contribution in [0.15, 0.2) is 0 Å². The third-order valence-electron chi connectivity index (χ3n) is 1.01. The Hall–Kier alpha value is -0.610. The first kappa shape index (κ1) is 10.4. The first-order valence-corrected chi connectivity index (χ1v) is 3.72. The van der Waals surface area contributed by atoms with E-state index >= 15 is 0 Å². The molecule has 2 N–H and O–H groups in total. The van der Waals surface area contributed by atoms with Crippen molar-refractivity contribution in [3.63, 3.8) is 0 Å². The van der Waals surface area contributed by atoms with E-state index in [-0.39, 0.29) is 11.9 Å². The topological polar surface area (TPSA) is 44.4 Å². The Labute approximate surface area is 67.9 Å². The predicted octanol–water partition coefficient (Wildman–Crippen LogP) is -0.423. The van der Waals surface area contributed by atoms with E-state index in [4.69, 9.17) is 0 Å². The summed E-state index contributed by atoms with van der Waals surface area (Å²) in [5, 5.41) is 4.52. The van der Waals surface area contributed by atoms with Gasteiger partial charge in [0.2, 0.25) is 5.91 Å². The van der Waals surface area contributed by atoms with Crippen molar-refractivity contribution < 1.29 is 4.79 Å². The lowest BCUT2D eigenvalue weighted by Crippen LogP contribution is -2.42. The normalized spacial score (nSPS) is 10.7. The quantitative estimate of drug-likeness (QED) is 0.547. The van der Waals surface area contributed by atoms with Crippen molar-refractivity contribution in [3.8, 4) is 0 Å². The van der Waals surface area contributed by atoms with Crippen molar-refractivity contribution in [2.75, 3.05) is 20.6 Å². The molecule has 0 rings (SSSR count). The fourth-order valence-corrected chi connectivity index (χ4v) is 0.603. The Bertz CT molecular complexity index is 123. The molecule has 0 fully saturated rings. The van der Waals surface area contributed by atoms with Gasteiger partial charge in [0.15, 0.2) is 0 Å². The largest absolute Gasteiger partial charge is 0.353 e. The predicted molar refractivity (Wildman–Crippen MR) is 45.0 cm³/mol. The molecule has 0 aliphatic rings. The van der Waals surface area contributed by atoms with Gasteiger partial charge in [0, 0.05) is 20.1 Å². The van der Waals surface area contributed by atoms with E-state index < -0.39 is 0 Å². The second-order valence-corrected chi connectivity index (χ2v) is 2.95. The highest BCUT2D eigenvalue weighted by atomic mass is 16.2. The van der Waals surface area contributed by atoms with Crippen molar-refractivity contribution in [2.45, 2.75) is 19.9 Å². The molecule has 0 saturated carbocycles. The van der Waals surface area contributed by atoms with E-state index in [1.165, 1.54) is 0 Å². The van der Waals surface area contributed by atoms with Crippen molar-refractivity contribution in [3.05, 3.63) is 0 Å². The van der Waals surface area contributed by atoms with Crippen LogP contribution in [0.3, 0.4) is 0 Å². The van der Waals surface area contributed by atoms with E-state index in [2.05, 4.69) is 10.7 Å². The van der Waals surface area contributed by atoms with E-state index in [0.29, 0.717) is 6.54 Å². The molecule has 0 aromatic rings. The monoisotopic (exact) mass is 159 g/mol. The molecule has 4 heteroatoms. The highest BCUT2D eigenvalue weighted by molar-refractivity contribution is 5.78. The number of hydrogen-bond acceptors (Lipinski definition) is 3. The number of hydrazine groups is 1. The van der Waals surface area contributed by atoms with Gasteiger partial charge in [0.05, 0.1) is 6.54 Å². The number of nitrogens with one attached hydrogen (secondary N) is 2. The van der Waals surface area contributed by atoms with Crippen LogP contribution in [0.5, 0.6) is 0 Å². The Morgan fingerprint density at radius 1 is 1.45 bits per heavy atom. The number of carbonyl (C=O) groups is 1. The van der Waals surface area contributed by atoms with Gasteiger partial charge in [0.1, 0.15) is 0 Å². The molecule has 1 amide bonds. The summed E-state index contributed by atoms with van der Waals surface area (Å²) in [6.45, 7) is 4.21. The number of nitrogens with zero attached hydrogens (tertiary/aromatic N) is 1. The summed E-state index contributed by atoms with van der Waals surface area (Å²) in [6, 6.07) is 0.214. The SMILES string of the molecule is CC(C)NC(=O)CNN(C)C. The summed E-state index contributed by atoms with van der Waals surface area (Å²) in [7, 11) is 3.70. The molecule has 0 heterocycles. The van der Waals surface area contributed by atoms with Crippen LogP contribution < -0.4 is 10.7 Å². The second kappa shape index (κ2) is 5.09. The molecule has 0 atom stereocenters. The van der Waals surface area contributed by atoms with Crippen molar-refractivity contribution in [1.29, 1.82) is 0 Å². The molecular weight excluding hydrogens is 142 g/mol. The van der Waals surface area contributed by atoms with Gasteiger partial charge in [-0.3, -0.25) is 9.80 Å². The van der Waals surface area contributed by atoms with E-state index in [0.717, 1.165) is 0 Å². The first-order valence-electron chi connectivity index (χ1n) is 3.72. The fourth-order valence-electron chi connectivity index (χ4n) is 0.603. The van der Waals surface area contributed by atoms with E-state index in [1.54, 1.807) is 5.01 Å². The van der Waals surface area contributed by atoms with Gasteiger partial charge in [-0.1, -0.05) is 0 Å². The minimum Gasteiger partial charge on any atom is -0.353 e. The molecule has 0 bridgehead atoms. The summed E-state index contributed by atoms with van der Waals surface area (Å²) in [5.74, 6) is 0.0219. The van der Waals surface area contributed by atoms with Crippen LogP contribution in [0, 0.1) is 0 Å². The molecule has 0 saturated heterocycles. The van der Waals surface area contributed by atoms with Gasteiger partial charge in [-0.15, -0.1) is 0 Å². The fraction of sp³-hybridized carbons (Fsp3) is 0.857. The lowest BCUT2D eigenvalue weighted by molar-refractivity contribution is -0.121. The lowest BCUT2D eigenvalue weighted by Gasteiger charge is -2.13. The van der Waals surface area contributed by atoms with Gasteiger partial charge in [-0.25, -0.2) is 5.43 Å². The maximum absolute atomic E-state index is 11.0. The zero-order chi connectivity index (χ0) is 8.85. The highest BCUT2D eigenvalue weighted by Gasteiger charge is 2.01. The molecule has 4 nitrogen and oxygen atoms in total. The zero-order valence-corrected chi connectivity index (χ0v) is 7.64. The van der Waals surface area contributed by atoms with Crippen molar-refractivity contribution >= 4 is 5.91 Å². The minimum atomic E-state index is 0.0219. The van der Waals surface area contributed by atoms with Crippen molar-refractivity contribution in [2.24, 2.45) is 0 Å². The van der Waals surface area contributed by atoms with Crippen LogP contribution in [0.1, 0.15) is 13.8 Å². The molecule has 0 aromatic heterocycles. The Morgan fingerprint density at radius 3 is 2.36 bits per heavy atom. The first-order chi connectivity index (χ1) is 5.02. The maximum atomic E-state index is 11.0. The zero-order valence-electron chi connectivity index (χ0n) is 7.64. The third-order valence-corrected chi connectivity index (χ3v) is 1.01. The Balaban J connectivity index is 3.38. The molecular formula is C7H17N3O. The van der Waals surface area contributed by atoms with Crippen LogP contribution in [-0.4, -0.2) is 37.6 Å². The molecule has 11 heavy (non-hydrogen) atoms. The van der Waals surface area contributed by atoms with Crippen LogP contribution in [0.2, 0.25) is 0 Å². The minimum absolute atomic E-state index is 0.0219. The molecule has 66 valence electrons. The summed E-state index contributed by atoms with van der Waals surface area (Å²) < 4.78 is 0. The molecule has 0 aromatic carbocycles. The van der Waals surface area contributed by atoms with Crippen molar-refractivity contribution in [1.82, 2.24) is 15.8 Å². The van der Waals surface area contributed by atoms with Gasteiger partial charge < -0.3 is 5.32 Å².